The lowest BCUT2D eigenvalue weighted by Gasteiger charge is -2.10. The second-order valence-corrected chi connectivity index (χ2v) is 5.64. The van der Waals surface area contributed by atoms with Gasteiger partial charge in [-0.3, -0.25) is 10.1 Å². The van der Waals surface area contributed by atoms with Gasteiger partial charge in [-0.2, -0.15) is 0 Å². The molecule has 7 nitrogen and oxygen atoms in total. The fourth-order valence-corrected chi connectivity index (χ4v) is 2.11. The summed E-state index contributed by atoms with van der Waals surface area (Å²) in [6, 6.07) is 11.6. The van der Waals surface area contributed by atoms with E-state index in [0.717, 1.165) is 10.7 Å². The molecular weight excluding hydrogens is 394 g/mol. The number of carbonyl (C=O) groups is 1. The monoisotopic (exact) mass is 407 g/mol. The number of nitro groups is 1. The third kappa shape index (κ3) is 5.92. The van der Waals surface area contributed by atoms with E-state index in [0.29, 0.717) is 11.3 Å². The van der Waals surface area contributed by atoms with Crippen molar-refractivity contribution >= 4 is 28.0 Å². The average molecular weight is 408 g/mol. The number of carbonyl (C=O) groups excluding carboxylic acids is 1. The zero-order valence-corrected chi connectivity index (χ0v) is 14.8. The van der Waals surface area contributed by atoms with Crippen LogP contribution in [0.3, 0.4) is 0 Å². The minimum Gasteiger partial charge on any atom is -0.493 e. The molecule has 0 N–H and O–H groups in total. The van der Waals surface area contributed by atoms with Gasteiger partial charge < -0.3 is 14.2 Å². The summed E-state index contributed by atoms with van der Waals surface area (Å²) >= 11 is 3.31. The highest BCUT2D eigenvalue weighted by Gasteiger charge is 2.11. The van der Waals surface area contributed by atoms with Gasteiger partial charge in [0.2, 0.25) is 6.20 Å². The topological polar surface area (TPSA) is 87.9 Å². The Morgan fingerprint density at radius 2 is 1.92 bits per heavy atom. The summed E-state index contributed by atoms with van der Waals surface area (Å²) in [5, 5.41) is 10.3. The van der Waals surface area contributed by atoms with Gasteiger partial charge in [-0.05, 0) is 42.0 Å². The van der Waals surface area contributed by atoms with Gasteiger partial charge >= 0.3 is 5.97 Å². The molecule has 0 aliphatic rings. The van der Waals surface area contributed by atoms with Gasteiger partial charge in [0, 0.05) is 10.5 Å². The Hall–Kier alpha value is -2.87. The lowest BCUT2D eigenvalue weighted by Crippen LogP contribution is -2.18. The van der Waals surface area contributed by atoms with Crippen molar-refractivity contribution < 1.29 is 23.9 Å². The lowest BCUT2D eigenvalue weighted by atomic mass is 10.2. The molecule has 25 heavy (non-hydrogen) atoms. The Labute approximate surface area is 152 Å². The fourth-order valence-electron chi connectivity index (χ4n) is 1.84. The standard InChI is InChI=1S/C17H14BrNO6/c1-23-16-10-12(8-9-19(21)22)2-7-15(16)25-17(20)11-24-14-5-3-13(18)4-6-14/h2-10H,11H2,1H3/b9-8+. The van der Waals surface area contributed by atoms with Crippen molar-refractivity contribution in [3.05, 3.63) is 68.8 Å². The van der Waals surface area contributed by atoms with E-state index in [4.69, 9.17) is 14.2 Å². The van der Waals surface area contributed by atoms with E-state index in [2.05, 4.69) is 15.9 Å². The van der Waals surface area contributed by atoms with Gasteiger partial charge in [0.05, 0.1) is 12.0 Å². The number of rotatable bonds is 7. The summed E-state index contributed by atoms with van der Waals surface area (Å²) in [6.45, 7) is -0.270. The van der Waals surface area contributed by atoms with E-state index >= 15 is 0 Å². The number of nitrogens with zero attached hydrogens (tertiary/aromatic N) is 1. The highest BCUT2D eigenvalue weighted by atomic mass is 79.9. The molecule has 2 aromatic carbocycles. The van der Waals surface area contributed by atoms with Crippen LogP contribution >= 0.6 is 15.9 Å². The van der Waals surface area contributed by atoms with E-state index < -0.39 is 10.9 Å². The molecule has 0 atom stereocenters. The largest absolute Gasteiger partial charge is 0.493 e. The van der Waals surface area contributed by atoms with Gasteiger partial charge in [-0.1, -0.05) is 22.0 Å². The number of hydrogen-bond acceptors (Lipinski definition) is 6. The van der Waals surface area contributed by atoms with E-state index in [-0.39, 0.29) is 18.1 Å². The number of hydrogen-bond donors (Lipinski definition) is 0. The molecule has 0 aromatic heterocycles. The van der Waals surface area contributed by atoms with Crippen LogP contribution in [0.1, 0.15) is 5.56 Å². The van der Waals surface area contributed by atoms with Crippen molar-refractivity contribution in [2.24, 2.45) is 0 Å². The predicted molar refractivity (Wildman–Crippen MR) is 94.3 cm³/mol. The first-order valence-corrected chi connectivity index (χ1v) is 7.86. The summed E-state index contributed by atoms with van der Waals surface area (Å²) in [6.07, 6.45) is 2.12. The number of benzene rings is 2. The second kappa shape index (κ2) is 8.84. The Kier molecular flexibility index (Phi) is 6.53. The highest BCUT2D eigenvalue weighted by Crippen LogP contribution is 2.28. The normalized spacial score (nSPS) is 10.5. The van der Waals surface area contributed by atoms with Gasteiger partial charge in [0.1, 0.15) is 5.75 Å². The molecule has 0 aliphatic heterocycles. The van der Waals surface area contributed by atoms with Crippen LogP contribution in [0.2, 0.25) is 0 Å². The zero-order chi connectivity index (χ0) is 18.2. The molecule has 0 heterocycles. The second-order valence-electron chi connectivity index (χ2n) is 4.73. The van der Waals surface area contributed by atoms with Crippen molar-refractivity contribution in [3.8, 4) is 17.2 Å². The van der Waals surface area contributed by atoms with Crippen LogP contribution in [0.25, 0.3) is 6.08 Å². The van der Waals surface area contributed by atoms with E-state index in [1.165, 1.54) is 25.3 Å². The first kappa shape index (κ1) is 18.5. The van der Waals surface area contributed by atoms with Crippen LogP contribution in [-0.4, -0.2) is 24.6 Å². The first-order chi connectivity index (χ1) is 12.0. The van der Waals surface area contributed by atoms with Crippen LogP contribution in [0.15, 0.2) is 53.1 Å². The third-order valence-corrected chi connectivity index (χ3v) is 3.50. The predicted octanol–water partition coefficient (Wildman–Crippen LogP) is 3.69. The van der Waals surface area contributed by atoms with E-state index in [9.17, 15) is 14.9 Å². The Morgan fingerprint density at radius 1 is 1.20 bits per heavy atom. The van der Waals surface area contributed by atoms with E-state index in [1.54, 1.807) is 30.3 Å². The number of methoxy groups -OCH3 is 1. The molecule has 0 bridgehead atoms. The van der Waals surface area contributed by atoms with Crippen LogP contribution in [0, 0.1) is 10.1 Å². The van der Waals surface area contributed by atoms with Gasteiger partial charge in [0.25, 0.3) is 0 Å². The zero-order valence-electron chi connectivity index (χ0n) is 13.2. The van der Waals surface area contributed by atoms with Crippen molar-refractivity contribution in [2.75, 3.05) is 13.7 Å². The highest BCUT2D eigenvalue weighted by molar-refractivity contribution is 9.10. The summed E-state index contributed by atoms with van der Waals surface area (Å²) in [5.74, 6) is 0.412. The molecule has 0 radical (unpaired) electrons. The van der Waals surface area contributed by atoms with Crippen LogP contribution < -0.4 is 14.2 Å². The third-order valence-electron chi connectivity index (χ3n) is 2.97. The smallest absolute Gasteiger partial charge is 0.349 e. The number of esters is 1. The molecular formula is C17H14BrNO6. The van der Waals surface area contributed by atoms with Gasteiger partial charge in [0.15, 0.2) is 18.1 Å². The minimum atomic E-state index is -0.602. The molecule has 0 saturated heterocycles. The summed E-state index contributed by atoms with van der Waals surface area (Å²) in [5.41, 5.74) is 0.541. The summed E-state index contributed by atoms with van der Waals surface area (Å²) < 4.78 is 16.6. The van der Waals surface area contributed by atoms with Gasteiger partial charge in [-0.25, -0.2) is 4.79 Å². The Balaban J connectivity index is 1.99. The Bertz CT molecular complexity index is 788. The van der Waals surface area contributed by atoms with Gasteiger partial charge in [-0.15, -0.1) is 0 Å². The van der Waals surface area contributed by atoms with Crippen molar-refractivity contribution in [1.29, 1.82) is 0 Å². The fraction of sp³-hybridized carbons (Fsp3) is 0.118. The van der Waals surface area contributed by atoms with Crippen LogP contribution in [0.5, 0.6) is 17.2 Å². The van der Waals surface area contributed by atoms with Crippen molar-refractivity contribution in [2.45, 2.75) is 0 Å². The van der Waals surface area contributed by atoms with Crippen molar-refractivity contribution in [1.82, 2.24) is 0 Å². The maximum atomic E-state index is 11.9. The van der Waals surface area contributed by atoms with Crippen molar-refractivity contribution in [3.63, 3.8) is 0 Å². The molecule has 0 aliphatic carbocycles. The molecule has 0 spiro atoms. The van der Waals surface area contributed by atoms with E-state index in [1.807, 2.05) is 0 Å². The van der Waals surface area contributed by atoms with Crippen LogP contribution in [-0.2, 0) is 4.79 Å². The number of ether oxygens (including phenoxy) is 3. The Morgan fingerprint density at radius 3 is 2.56 bits per heavy atom. The maximum Gasteiger partial charge on any atom is 0.349 e. The van der Waals surface area contributed by atoms with Crippen LogP contribution in [0.4, 0.5) is 0 Å². The minimum absolute atomic E-state index is 0.199. The molecule has 0 fully saturated rings. The quantitative estimate of drug-likeness (QED) is 0.301. The summed E-state index contributed by atoms with van der Waals surface area (Å²) in [4.78, 5) is 21.7. The molecule has 0 saturated carbocycles. The maximum absolute atomic E-state index is 11.9. The SMILES string of the molecule is COc1cc(/C=C/[N+](=O)[O-])ccc1OC(=O)COc1ccc(Br)cc1. The number of halogens is 1. The molecule has 0 amide bonds. The molecule has 2 aromatic rings. The molecule has 0 unspecified atom stereocenters. The first-order valence-electron chi connectivity index (χ1n) is 7.06. The molecule has 130 valence electrons. The molecule has 8 heteroatoms. The summed E-state index contributed by atoms with van der Waals surface area (Å²) in [7, 11) is 1.41. The average Bonchev–Trinajstić information content (AvgIpc) is 2.60. The lowest BCUT2D eigenvalue weighted by molar-refractivity contribution is -0.400. The molecule has 2 rings (SSSR count).